The fraction of sp³-hybridized carbons (Fsp3) is 0.792. The molecule has 3 fully saturated rings. The number of likely N-dealkylation sites (tertiary alicyclic amines) is 2. The summed E-state index contributed by atoms with van der Waals surface area (Å²) in [6.07, 6.45) is 16.7. The van der Waals surface area contributed by atoms with E-state index in [1.165, 1.54) is 109 Å². The molecule has 0 radical (unpaired) electrons. The first kappa shape index (κ1) is 20.3. The molecule has 1 aromatic heterocycles. The third-order valence-electron chi connectivity index (χ3n) is 7.24. The molecule has 4 nitrogen and oxygen atoms in total. The van der Waals surface area contributed by atoms with Gasteiger partial charge < -0.3 is 9.80 Å². The van der Waals surface area contributed by atoms with E-state index < -0.39 is 0 Å². The Bertz CT molecular complexity index is 551. The standard InChI is InChI=1S/C24H40N4/c1-4-14-26(15-5-1)17-18-27(19-22-10-12-25-13-11-22)20-23-7-6-16-28(21-23)24-8-2-3-9-24/h10-13,23-24H,1-9,14-21H2/t23-/m0/s1. The van der Waals surface area contributed by atoms with Crippen LogP contribution in [0.3, 0.4) is 0 Å². The van der Waals surface area contributed by atoms with Crippen molar-refractivity contribution in [1.82, 2.24) is 19.7 Å². The molecule has 1 saturated carbocycles. The first-order valence-electron chi connectivity index (χ1n) is 11.9. The van der Waals surface area contributed by atoms with Crippen LogP contribution < -0.4 is 0 Å². The molecule has 4 rings (SSSR count). The molecule has 2 aliphatic heterocycles. The van der Waals surface area contributed by atoms with Gasteiger partial charge in [-0.15, -0.1) is 0 Å². The molecule has 0 bridgehead atoms. The van der Waals surface area contributed by atoms with E-state index in [0.717, 1.165) is 18.5 Å². The highest BCUT2D eigenvalue weighted by atomic mass is 15.2. The zero-order valence-electron chi connectivity index (χ0n) is 17.8. The number of hydrogen-bond acceptors (Lipinski definition) is 4. The second kappa shape index (κ2) is 10.7. The Morgan fingerprint density at radius 2 is 1.68 bits per heavy atom. The summed E-state index contributed by atoms with van der Waals surface area (Å²) in [6.45, 7) is 10.1. The molecule has 0 aromatic carbocycles. The van der Waals surface area contributed by atoms with Crippen molar-refractivity contribution >= 4 is 0 Å². The van der Waals surface area contributed by atoms with Crippen molar-refractivity contribution in [2.75, 3.05) is 45.8 Å². The summed E-state index contributed by atoms with van der Waals surface area (Å²) in [5, 5.41) is 0. The zero-order valence-corrected chi connectivity index (χ0v) is 17.8. The van der Waals surface area contributed by atoms with E-state index in [2.05, 4.69) is 31.8 Å². The summed E-state index contributed by atoms with van der Waals surface area (Å²) in [5.41, 5.74) is 1.41. The molecule has 2 saturated heterocycles. The number of rotatable bonds is 8. The van der Waals surface area contributed by atoms with Crippen molar-refractivity contribution in [3.63, 3.8) is 0 Å². The van der Waals surface area contributed by atoms with Gasteiger partial charge in [-0.05, 0) is 81.8 Å². The molecule has 1 aromatic rings. The molecule has 0 spiro atoms. The fourth-order valence-electron chi connectivity index (χ4n) is 5.66. The molecular weight excluding hydrogens is 344 g/mol. The summed E-state index contributed by atoms with van der Waals surface area (Å²) < 4.78 is 0. The Balaban J connectivity index is 1.33. The van der Waals surface area contributed by atoms with Gasteiger partial charge in [0, 0.05) is 51.2 Å². The first-order chi connectivity index (χ1) is 13.9. The molecule has 3 heterocycles. The smallest absolute Gasteiger partial charge is 0.0271 e. The van der Waals surface area contributed by atoms with Crippen LogP contribution in [-0.2, 0) is 6.54 Å². The van der Waals surface area contributed by atoms with Crippen molar-refractivity contribution in [3.8, 4) is 0 Å². The molecule has 3 aliphatic rings. The lowest BCUT2D eigenvalue weighted by molar-refractivity contribution is 0.0912. The zero-order chi connectivity index (χ0) is 19.0. The van der Waals surface area contributed by atoms with Gasteiger partial charge in [0.2, 0.25) is 0 Å². The van der Waals surface area contributed by atoms with Crippen LogP contribution in [0.4, 0.5) is 0 Å². The van der Waals surface area contributed by atoms with Gasteiger partial charge in [-0.2, -0.15) is 0 Å². The lowest BCUT2D eigenvalue weighted by Crippen LogP contribution is -2.46. The van der Waals surface area contributed by atoms with Gasteiger partial charge in [0.15, 0.2) is 0 Å². The summed E-state index contributed by atoms with van der Waals surface area (Å²) in [6, 6.07) is 5.28. The summed E-state index contributed by atoms with van der Waals surface area (Å²) >= 11 is 0. The molecule has 156 valence electrons. The number of pyridine rings is 1. The van der Waals surface area contributed by atoms with E-state index in [1.54, 1.807) is 0 Å². The maximum Gasteiger partial charge on any atom is 0.0271 e. The quantitative estimate of drug-likeness (QED) is 0.675. The van der Waals surface area contributed by atoms with Gasteiger partial charge in [-0.3, -0.25) is 9.88 Å². The van der Waals surface area contributed by atoms with E-state index in [-0.39, 0.29) is 0 Å². The highest BCUT2D eigenvalue weighted by Crippen LogP contribution is 2.28. The fourth-order valence-corrected chi connectivity index (χ4v) is 5.66. The van der Waals surface area contributed by atoms with E-state index >= 15 is 0 Å². The Labute approximate surface area is 172 Å². The predicted molar refractivity (Wildman–Crippen MR) is 116 cm³/mol. The molecule has 28 heavy (non-hydrogen) atoms. The van der Waals surface area contributed by atoms with Crippen molar-refractivity contribution < 1.29 is 0 Å². The second-order valence-electron chi connectivity index (χ2n) is 9.43. The van der Waals surface area contributed by atoms with Crippen LogP contribution in [-0.4, -0.2) is 71.5 Å². The van der Waals surface area contributed by atoms with E-state index in [0.29, 0.717) is 0 Å². The van der Waals surface area contributed by atoms with E-state index in [4.69, 9.17) is 0 Å². The van der Waals surface area contributed by atoms with Crippen LogP contribution in [0.5, 0.6) is 0 Å². The molecule has 1 atom stereocenters. The molecule has 1 aliphatic carbocycles. The van der Waals surface area contributed by atoms with Crippen LogP contribution in [0.25, 0.3) is 0 Å². The van der Waals surface area contributed by atoms with Gasteiger partial charge in [-0.1, -0.05) is 19.3 Å². The molecular formula is C24H40N4. The van der Waals surface area contributed by atoms with Crippen LogP contribution in [0.1, 0.15) is 63.4 Å². The first-order valence-corrected chi connectivity index (χ1v) is 11.9. The lowest BCUT2D eigenvalue weighted by Gasteiger charge is -2.39. The summed E-state index contributed by atoms with van der Waals surface area (Å²) in [5.74, 6) is 0.845. The molecule has 0 unspecified atom stereocenters. The van der Waals surface area contributed by atoms with Gasteiger partial charge in [-0.25, -0.2) is 0 Å². The minimum Gasteiger partial charge on any atom is -0.302 e. The topological polar surface area (TPSA) is 22.6 Å². The highest BCUT2D eigenvalue weighted by Gasteiger charge is 2.28. The normalized spacial score (nSPS) is 25.5. The van der Waals surface area contributed by atoms with Gasteiger partial charge in [0.25, 0.3) is 0 Å². The Morgan fingerprint density at radius 3 is 2.46 bits per heavy atom. The third kappa shape index (κ3) is 6.01. The van der Waals surface area contributed by atoms with Gasteiger partial charge in [0.1, 0.15) is 0 Å². The number of hydrogen-bond donors (Lipinski definition) is 0. The van der Waals surface area contributed by atoms with Crippen molar-refractivity contribution in [2.45, 2.75) is 70.4 Å². The van der Waals surface area contributed by atoms with E-state index in [9.17, 15) is 0 Å². The number of nitrogens with zero attached hydrogens (tertiary/aromatic N) is 4. The molecule has 4 heteroatoms. The number of aromatic nitrogens is 1. The minimum atomic E-state index is 0.845. The lowest BCUT2D eigenvalue weighted by atomic mass is 9.95. The minimum absolute atomic E-state index is 0.845. The molecule has 0 amide bonds. The van der Waals surface area contributed by atoms with Crippen molar-refractivity contribution in [2.24, 2.45) is 5.92 Å². The molecule has 0 N–H and O–H groups in total. The monoisotopic (exact) mass is 384 g/mol. The second-order valence-corrected chi connectivity index (χ2v) is 9.43. The maximum atomic E-state index is 4.21. The van der Waals surface area contributed by atoms with Gasteiger partial charge >= 0.3 is 0 Å². The third-order valence-corrected chi connectivity index (χ3v) is 7.24. The van der Waals surface area contributed by atoms with Crippen molar-refractivity contribution in [1.29, 1.82) is 0 Å². The Kier molecular flexibility index (Phi) is 7.76. The Hall–Kier alpha value is -0.970. The SMILES string of the molecule is c1cc(CN(CCN2CCCCC2)C[C@@H]2CCCN(C3CCCC3)C2)ccn1. The van der Waals surface area contributed by atoms with Crippen LogP contribution in [0.15, 0.2) is 24.5 Å². The summed E-state index contributed by atoms with van der Waals surface area (Å²) in [4.78, 5) is 12.5. The summed E-state index contributed by atoms with van der Waals surface area (Å²) in [7, 11) is 0. The van der Waals surface area contributed by atoms with Crippen LogP contribution >= 0.6 is 0 Å². The van der Waals surface area contributed by atoms with Crippen LogP contribution in [0, 0.1) is 5.92 Å². The number of piperidine rings is 2. The predicted octanol–water partition coefficient (Wildman–Crippen LogP) is 4.02. The van der Waals surface area contributed by atoms with Crippen molar-refractivity contribution in [3.05, 3.63) is 30.1 Å². The van der Waals surface area contributed by atoms with Crippen LogP contribution in [0.2, 0.25) is 0 Å². The highest BCUT2D eigenvalue weighted by molar-refractivity contribution is 5.09. The van der Waals surface area contributed by atoms with Gasteiger partial charge in [0.05, 0.1) is 0 Å². The average Bonchev–Trinajstić information content (AvgIpc) is 3.29. The largest absolute Gasteiger partial charge is 0.302 e. The average molecular weight is 385 g/mol. The Morgan fingerprint density at radius 1 is 0.893 bits per heavy atom. The van der Waals surface area contributed by atoms with E-state index in [1.807, 2.05) is 12.4 Å². The maximum absolute atomic E-state index is 4.21.